The van der Waals surface area contributed by atoms with Gasteiger partial charge in [-0.25, -0.2) is 4.79 Å². The molecule has 1 unspecified atom stereocenters. The summed E-state index contributed by atoms with van der Waals surface area (Å²) in [6, 6.07) is 7.96. The van der Waals surface area contributed by atoms with Gasteiger partial charge >= 0.3 is 5.97 Å². The van der Waals surface area contributed by atoms with E-state index in [9.17, 15) is 9.59 Å². The minimum atomic E-state index is -1.04. The molecule has 138 valence electrons. The maximum atomic E-state index is 13.1. The number of hydrogen-bond acceptors (Lipinski definition) is 5. The van der Waals surface area contributed by atoms with E-state index >= 15 is 0 Å². The average molecular weight is 423 g/mol. The van der Waals surface area contributed by atoms with E-state index in [1.54, 1.807) is 31.2 Å². The normalized spacial score (nSPS) is 11.6. The lowest BCUT2D eigenvalue weighted by Gasteiger charge is -2.18. The topological polar surface area (TPSA) is 82.1 Å². The highest BCUT2D eigenvalue weighted by Crippen LogP contribution is 2.37. The van der Waals surface area contributed by atoms with E-state index < -0.39 is 11.9 Å². The third kappa shape index (κ3) is 3.83. The van der Waals surface area contributed by atoms with E-state index in [-0.39, 0.29) is 11.3 Å². The zero-order valence-electron chi connectivity index (χ0n) is 14.8. The van der Waals surface area contributed by atoms with E-state index in [2.05, 4.69) is 15.9 Å². The number of carboxylic acids is 1. The highest BCUT2D eigenvalue weighted by molar-refractivity contribution is 9.10. The van der Waals surface area contributed by atoms with Gasteiger partial charge in [0, 0.05) is 22.5 Å². The van der Waals surface area contributed by atoms with E-state index in [1.165, 1.54) is 27.4 Å². The van der Waals surface area contributed by atoms with Crippen molar-refractivity contribution >= 4 is 27.7 Å². The molecule has 0 aliphatic rings. The maximum Gasteiger partial charge on any atom is 0.336 e. The van der Waals surface area contributed by atoms with Crippen molar-refractivity contribution in [3.05, 3.63) is 51.5 Å². The summed E-state index contributed by atoms with van der Waals surface area (Å²) in [6.07, 6.45) is 0. The number of hydrogen-bond donors (Lipinski definition) is 1. The van der Waals surface area contributed by atoms with Crippen LogP contribution in [0.2, 0.25) is 0 Å². The summed E-state index contributed by atoms with van der Waals surface area (Å²) < 4.78 is 16.3. The van der Waals surface area contributed by atoms with E-state index in [4.69, 9.17) is 19.3 Å². The third-order valence-corrected chi connectivity index (χ3v) is 4.73. The summed E-state index contributed by atoms with van der Waals surface area (Å²) >= 11 is 3.24. The number of rotatable bonds is 7. The average Bonchev–Trinajstić information content (AvgIpc) is 2.65. The molecule has 2 aromatic rings. The largest absolute Gasteiger partial charge is 0.496 e. The van der Waals surface area contributed by atoms with Crippen LogP contribution in [0.4, 0.5) is 0 Å². The van der Waals surface area contributed by atoms with Crippen LogP contribution in [0.25, 0.3) is 0 Å². The molecule has 1 N–H and O–H groups in total. The van der Waals surface area contributed by atoms with Crippen molar-refractivity contribution in [3.63, 3.8) is 0 Å². The molecular weight excluding hydrogens is 404 g/mol. The van der Waals surface area contributed by atoms with Crippen molar-refractivity contribution in [2.45, 2.75) is 12.8 Å². The van der Waals surface area contributed by atoms with Gasteiger partial charge in [0.2, 0.25) is 0 Å². The van der Waals surface area contributed by atoms with Gasteiger partial charge in [-0.1, -0.05) is 13.0 Å². The first-order valence-corrected chi connectivity index (χ1v) is 8.50. The van der Waals surface area contributed by atoms with Gasteiger partial charge in [-0.3, -0.25) is 4.79 Å². The van der Waals surface area contributed by atoms with Gasteiger partial charge in [-0.2, -0.15) is 0 Å². The Morgan fingerprint density at radius 3 is 2.00 bits per heavy atom. The minimum absolute atomic E-state index is 0.132. The van der Waals surface area contributed by atoms with Crippen molar-refractivity contribution in [2.75, 3.05) is 21.3 Å². The first-order chi connectivity index (χ1) is 12.3. The monoisotopic (exact) mass is 422 g/mol. The molecule has 2 aromatic carbocycles. The predicted octanol–water partition coefficient (Wildman–Crippen LogP) is 4.16. The molecule has 7 heteroatoms. The van der Waals surface area contributed by atoms with Crippen molar-refractivity contribution < 1.29 is 28.9 Å². The molecular formula is C19H19BrO6. The molecule has 0 saturated heterocycles. The number of carboxylic acid groups (broad SMARTS) is 1. The van der Waals surface area contributed by atoms with Gasteiger partial charge in [0.1, 0.15) is 22.8 Å². The molecule has 6 nitrogen and oxygen atoms in total. The Bertz CT molecular complexity index is 821. The molecule has 0 amide bonds. The van der Waals surface area contributed by atoms with E-state index in [1.807, 2.05) is 0 Å². The van der Waals surface area contributed by atoms with Crippen LogP contribution in [0.5, 0.6) is 17.2 Å². The number of halogens is 1. The predicted molar refractivity (Wildman–Crippen MR) is 99.9 cm³/mol. The fourth-order valence-electron chi connectivity index (χ4n) is 2.59. The Morgan fingerprint density at radius 2 is 1.58 bits per heavy atom. The van der Waals surface area contributed by atoms with Crippen LogP contribution < -0.4 is 14.2 Å². The Morgan fingerprint density at radius 1 is 1.00 bits per heavy atom. The van der Waals surface area contributed by atoms with Crippen LogP contribution in [0.1, 0.15) is 39.1 Å². The summed E-state index contributed by atoms with van der Waals surface area (Å²) in [5, 5.41) is 9.13. The van der Waals surface area contributed by atoms with Crippen LogP contribution in [0.3, 0.4) is 0 Å². The second-order valence-electron chi connectivity index (χ2n) is 5.54. The lowest BCUT2D eigenvalue weighted by molar-refractivity contribution is 0.0695. The third-order valence-electron chi connectivity index (χ3n) is 4.08. The van der Waals surface area contributed by atoms with Crippen LogP contribution in [-0.4, -0.2) is 38.2 Å². The second kappa shape index (κ2) is 8.23. The smallest absolute Gasteiger partial charge is 0.336 e. The van der Waals surface area contributed by atoms with Gasteiger partial charge < -0.3 is 19.3 Å². The van der Waals surface area contributed by atoms with Gasteiger partial charge in [-0.05, 0) is 33.6 Å². The fourth-order valence-corrected chi connectivity index (χ4v) is 3.16. The summed E-state index contributed by atoms with van der Waals surface area (Å²) in [5.74, 6) is -0.586. The summed E-state index contributed by atoms with van der Waals surface area (Å²) in [5.41, 5.74) is 1.11. The molecule has 0 spiro atoms. The lowest BCUT2D eigenvalue weighted by atomic mass is 9.90. The minimum Gasteiger partial charge on any atom is -0.496 e. The molecule has 0 radical (unpaired) electrons. The molecule has 26 heavy (non-hydrogen) atoms. The van der Waals surface area contributed by atoms with Crippen LogP contribution in [0.15, 0.2) is 34.8 Å². The van der Waals surface area contributed by atoms with Crippen molar-refractivity contribution in [3.8, 4) is 17.2 Å². The molecule has 0 saturated carbocycles. The number of Topliss-reactive ketones (excluding diaryl/α,β-unsaturated/α-hetero) is 1. The van der Waals surface area contributed by atoms with E-state index in [0.717, 1.165) is 0 Å². The Labute approximate surface area is 159 Å². The van der Waals surface area contributed by atoms with E-state index in [0.29, 0.717) is 32.8 Å². The Balaban J connectivity index is 2.48. The number of ketones is 1. The Hall–Kier alpha value is -2.54. The standard InChI is InChI=1S/C19H19BrO6/c1-10(11-5-6-13(19(22)23)14(20)7-11)18(21)17-15(25-3)8-12(24-2)9-16(17)26-4/h5-10H,1-4H3,(H,22,23). The molecule has 0 bridgehead atoms. The highest BCUT2D eigenvalue weighted by Gasteiger charge is 2.26. The fraction of sp³-hybridized carbons (Fsp3) is 0.263. The van der Waals surface area contributed by atoms with Crippen LogP contribution in [-0.2, 0) is 0 Å². The molecule has 2 rings (SSSR count). The quantitative estimate of drug-likeness (QED) is 0.674. The Kier molecular flexibility index (Phi) is 6.26. The number of aromatic carboxylic acids is 1. The van der Waals surface area contributed by atoms with Crippen molar-refractivity contribution in [1.82, 2.24) is 0 Å². The van der Waals surface area contributed by atoms with Gasteiger partial charge in [0.25, 0.3) is 0 Å². The van der Waals surface area contributed by atoms with Crippen LogP contribution in [0, 0.1) is 0 Å². The summed E-state index contributed by atoms with van der Waals surface area (Å²) in [4.78, 5) is 24.2. The first kappa shape index (κ1) is 19.8. The first-order valence-electron chi connectivity index (χ1n) is 7.71. The number of carbonyl (C=O) groups excluding carboxylic acids is 1. The zero-order valence-corrected chi connectivity index (χ0v) is 16.4. The molecule has 0 aliphatic heterocycles. The molecule has 0 aliphatic carbocycles. The molecule has 0 heterocycles. The zero-order chi connectivity index (χ0) is 19.4. The summed E-state index contributed by atoms with van der Waals surface area (Å²) in [7, 11) is 4.45. The lowest BCUT2D eigenvalue weighted by Crippen LogP contribution is -2.13. The summed E-state index contributed by atoms with van der Waals surface area (Å²) in [6.45, 7) is 1.74. The number of ether oxygens (including phenoxy) is 3. The van der Waals surface area contributed by atoms with Gasteiger partial charge in [-0.15, -0.1) is 0 Å². The molecule has 0 aromatic heterocycles. The SMILES string of the molecule is COc1cc(OC)c(C(=O)C(C)c2ccc(C(=O)O)c(Br)c2)c(OC)c1. The van der Waals surface area contributed by atoms with Gasteiger partial charge in [0.05, 0.1) is 26.9 Å². The van der Waals surface area contributed by atoms with Crippen molar-refractivity contribution in [2.24, 2.45) is 0 Å². The number of carbonyl (C=O) groups is 2. The van der Waals surface area contributed by atoms with Gasteiger partial charge in [0.15, 0.2) is 5.78 Å². The number of benzene rings is 2. The highest BCUT2D eigenvalue weighted by atomic mass is 79.9. The molecule has 0 fully saturated rings. The van der Waals surface area contributed by atoms with Crippen LogP contribution >= 0.6 is 15.9 Å². The number of methoxy groups -OCH3 is 3. The maximum absolute atomic E-state index is 13.1. The second-order valence-corrected chi connectivity index (χ2v) is 6.39. The van der Waals surface area contributed by atoms with Crippen molar-refractivity contribution in [1.29, 1.82) is 0 Å². The molecule has 1 atom stereocenters.